The first-order chi connectivity index (χ1) is 10.8. The van der Waals surface area contributed by atoms with Crippen LogP contribution >= 0.6 is 11.6 Å². The number of benzene rings is 1. The van der Waals surface area contributed by atoms with Crippen LogP contribution in [0.1, 0.15) is 39.4 Å². The molecule has 5 heteroatoms. The standard InChI is InChI=1S/C18H26ClN3O/c1-18(2,3)12-22-15(10-5-6-11-20-4)21-14-9-7-8-13(19)16(14)17(22)23/h7-9,20H,5-6,10-12H2,1-4H3. The van der Waals surface area contributed by atoms with Gasteiger partial charge in [-0.3, -0.25) is 9.36 Å². The molecule has 0 aliphatic heterocycles. The molecule has 4 nitrogen and oxygen atoms in total. The summed E-state index contributed by atoms with van der Waals surface area (Å²) in [5, 5.41) is 4.15. The summed E-state index contributed by atoms with van der Waals surface area (Å²) in [6.07, 6.45) is 2.87. The quantitative estimate of drug-likeness (QED) is 0.820. The Hall–Kier alpha value is -1.39. The normalized spacial score (nSPS) is 12.0. The number of aromatic nitrogens is 2. The molecule has 0 saturated carbocycles. The van der Waals surface area contributed by atoms with Gasteiger partial charge < -0.3 is 5.32 Å². The van der Waals surface area contributed by atoms with Gasteiger partial charge in [0.1, 0.15) is 5.82 Å². The fourth-order valence-electron chi connectivity index (χ4n) is 2.68. The van der Waals surface area contributed by atoms with Gasteiger partial charge in [0, 0.05) is 13.0 Å². The van der Waals surface area contributed by atoms with Gasteiger partial charge in [-0.15, -0.1) is 0 Å². The fourth-order valence-corrected chi connectivity index (χ4v) is 2.93. The maximum absolute atomic E-state index is 13.0. The summed E-state index contributed by atoms with van der Waals surface area (Å²) in [4.78, 5) is 17.7. The number of aryl methyl sites for hydroxylation is 1. The monoisotopic (exact) mass is 335 g/mol. The topological polar surface area (TPSA) is 46.9 Å². The van der Waals surface area contributed by atoms with Crippen LogP contribution in [0.3, 0.4) is 0 Å². The Morgan fingerprint density at radius 2 is 2.00 bits per heavy atom. The first-order valence-corrected chi connectivity index (χ1v) is 8.54. The Bertz CT molecular complexity index is 731. The van der Waals surface area contributed by atoms with E-state index in [1.54, 1.807) is 6.07 Å². The summed E-state index contributed by atoms with van der Waals surface area (Å²) in [7, 11) is 1.95. The van der Waals surface area contributed by atoms with E-state index < -0.39 is 0 Å². The third-order valence-corrected chi connectivity index (χ3v) is 4.04. The summed E-state index contributed by atoms with van der Waals surface area (Å²) in [6.45, 7) is 7.99. The Morgan fingerprint density at radius 1 is 1.26 bits per heavy atom. The number of halogens is 1. The SMILES string of the molecule is CNCCCCc1nc2cccc(Cl)c2c(=O)n1CC(C)(C)C. The molecular formula is C18H26ClN3O. The van der Waals surface area contributed by atoms with Crippen LogP contribution in [-0.4, -0.2) is 23.1 Å². The Labute approximate surface area is 142 Å². The number of nitrogens with zero attached hydrogens (tertiary/aromatic N) is 2. The third-order valence-electron chi connectivity index (χ3n) is 3.72. The predicted octanol–water partition coefficient (Wildman–Crippen LogP) is 3.64. The molecule has 23 heavy (non-hydrogen) atoms. The van der Waals surface area contributed by atoms with E-state index >= 15 is 0 Å². The van der Waals surface area contributed by atoms with Gasteiger partial charge in [0.25, 0.3) is 5.56 Å². The zero-order valence-electron chi connectivity index (χ0n) is 14.4. The molecule has 0 aliphatic carbocycles. The largest absolute Gasteiger partial charge is 0.320 e. The molecule has 0 spiro atoms. The van der Waals surface area contributed by atoms with E-state index in [0.717, 1.165) is 31.6 Å². The lowest BCUT2D eigenvalue weighted by atomic mass is 9.96. The van der Waals surface area contributed by atoms with E-state index in [1.165, 1.54) is 0 Å². The number of nitrogens with one attached hydrogen (secondary N) is 1. The van der Waals surface area contributed by atoms with E-state index in [9.17, 15) is 4.79 Å². The van der Waals surface area contributed by atoms with Crippen LogP contribution in [0.2, 0.25) is 5.02 Å². The van der Waals surface area contributed by atoms with E-state index in [4.69, 9.17) is 16.6 Å². The molecule has 0 amide bonds. The Morgan fingerprint density at radius 3 is 2.65 bits per heavy atom. The van der Waals surface area contributed by atoms with Crippen molar-refractivity contribution in [2.45, 2.75) is 46.6 Å². The molecule has 1 heterocycles. The molecule has 1 N–H and O–H groups in total. The first kappa shape index (κ1) is 18.0. The van der Waals surface area contributed by atoms with Crippen LogP contribution in [0.25, 0.3) is 10.9 Å². The molecule has 0 aliphatic rings. The highest BCUT2D eigenvalue weighted by atomic mass is 35.5. The minimum Gasteiger partial charge on any atom is -0.320 e. The van der Waals surface area contributed by atoms with Crippen molar-refractivity contribution in [3.63, 3.8) is 0 Å². The van der Waals surface area contributed by atoms with Crippen LogP contribution in [-0.2, 0) is 13.0 Å². The van der Waals surface area contributed by atoms with Gasteiger partial charge >= 0.3 is 0 Å². The van der Waals surface area contributed by atoms with Crippen molar-refractivity contribution >= 4 is 22.5 Å². The fraction of sp³-hybridized carbons (Fsp3) is 0.556. The van der Waals surface area contributed by atoms with Crippen LogP contribution in [0, 0.1) is 5.41 Å². The first-order valence-electron chi connectivity index (χ1n) is 8.16. The molecular weight excluding hydrogens is 310 g/mol. The van der Waals surface area contributed by atoms with Crippen molar-refractivity contribution in [1.29, 1.82) is 0 Å². The minimum atomic E-state index is -0.0286. The molecule has 0 saturated heterocycles. The second-order valence-electron chi connectivity index (χ2n) is 7.17. The van der Waals surface area contributed by atoms with Crippen molar-refractivity contribution in [2.75, 3.05) is 13.6 Å². The van der Waals surface area contributed by atoms with Gasteiger partial charge in [-0.05, 0) is 44.0 Å². The third kappa shape index (κ3) is 4.55. The number of rotatable bonds is 6. The number of hydrogen-bond donors (Lipinski definition) is 1. The molecule has 0 radical (unpaired) electrons. The number of unbranched alkanes of at least 4 members (excludes halogenated alkanes) is 1. The average molecular weight is 336 g/mol. The van der Waals surface area contributed by atoms with E-state index in [-0.39, 0.29) is 11.0 Å². The maximum Gasteiger partial charge on any atom is 0.262 e. The molecule has 0 bridgehead atoms. The highest BCUT2D eigenvalue weighted by Gasteiger charge is 2.18. The second-order valence-corrected chi connectivity index (χ2v) is 7.58. The lowest BCUT2D eigenvalue weighted by molar-refractivity contribution is 0.330. The van der Waals surface area contributed by atoms with Gasteiger partial charge in [-0.25, -0.2) is 4.98 Å². The molecule has 0 unspecified atom stereocenters. The lowest BCUT2D eigenvalue weighted by Gasteiger charge is -2.22. The number of hydrogen-bond acceptors (Lipinski definition) is 3. The Kier molecular flexibility index (Phi) is 5.82. The molecule has 126 valence electrons. The van der Waals surface area contributed by atoms with Crippen LogP contribution in [0.5, 0.6) is 0 Å². The summed E-state index contributed by atoms with van der Waals surface area (Å²) in [6, 6.07) is 5.46. The molecule has 2 aromatic rings. The molecule has 0 fully saturated rings. The summed E-state index contributed by atoms with van der Waals surface area (Å²) in [5.74, 6) is 0.857. The zero-order chi connectivity index (χ0) is 17.0. The average Bonchev–Trinajstić information content (AvgIpc) is 2.46. The van der Waals surface area contributed by atoms with Gasteiger partial charge in [0.15, 0.2) is 0 Å². The maximum atomic E-state index is 13.0. The van der Waals surface area contributed by atoms with Crippen molar-refractivity contribution < 1.29 is 0 Å². The minimum absolute atomic E-state index is 0.000163. The highest BCUT2D eigenvalue weighted by Crippen LogP contribution is 2.22. The zero-order valence-corrected chi connectivity index (χ0v) is 15.2. The van der Waals surface area contributed by atoms with Gasteiger partial charge in [-0.2, -0.15) is 0 Å². The van der Waals surface area contributed by atoms with Gasteiger partial charge in [0.2, 0.25) is 0 Å². The van der Waals surface area contributed by atoms with Crippen LogP contribution < -0.4 is 10.9 Å². The predicted molar refractivity (Wildman–Crippen MR) is 97.3 cm³/mol. The highest BCUT2D eigenvalue weighted by molar-refractivity contribution is 6.35. The molecule has 1 aromatic carbocycles. The van der Waals surface area contributed by atoms with Crippen molar-refractivity contribution in [2.24, 2.45) is 5.41 Å². The van der Waals surface area contributed by atoms with Crippen molar-refractivity contribution in [1.82, 2.24) is 14.9 Å². The summed E-state index contributed by atoms with van der Waals surface area (Å²) in [5.41, 5.74) is 0.663. The van der Waals surface area contributed by atoms with E-state index in [1.807, 2.05) is 23.7 Å². The molecule has 0 atom stereocenters. The van der Waals surface area contributed by atoms with Gasteiger partial charge in [-0.1, -0.05) is 38.4 Å². The van der Waals surface area contributed by atoms with Crippen LogP contribution in [0.4, 0.5) is 0 Å². The number of fused-ring (bicyclic) bond motifs is 1. The summed E-state index contributed by atoms with van der Waals surface area (Å²) < 4.78 is 1.81. The smallest absolute Gasteiger partial charge is 0.262 e. The lowest BCUT2D eigenvalue weighted by Crippen LogP contribution is -2.31. The van der Waals surface area contributed by atoms with Crippen LogP contribution in [0.15, 0.2) is 23.0 Å². The van der Waals surface area contributed by atoms with E-state index in [2.05, 4.69) is 26.1 Å². The van der Waals surface area contributed by atoms with E-state index in [0.29, 0.717) is 22.5 Å². The van der Waals surface area contributed by atoms with Crippen molar-refractivity contribution in [3.05, 3.63) is 39.4 Å². The Balaban J connectivity index is 2.49. The molecule has 1 aromatic heterocycles. The summed E-state index contributed by atoms with van der Waals surface area (Å²) >= 11 is 6.24. The van der Waals surface area contributed by atoms with Crippen molar-refractivity contribution in [3.8, 4) is 0 Å². The molecule has 2 rings (SSSR count). The second kappa shape index (κ2) is 7.45. The van der Waals surface area contributed by atoms with Gasteiger partial charge in [0.05, 0.1) is 15.9 Å².